The molecule has 1 saturated heterocycles. The maximum absolute atomic E-state index is 11.9. The van der Waals surface area contributed by atoms with E-state index in [-0.39, 0.29) is 11.9 Å². The molecule has 34 heavy (non-hydrogen) atoms. The van der Waals surface area contributed by atoms with E-state index < -0.39 is 0 Å². The molecule has 2 N–H and O–H groups in total. The number of anilines is 1. The molecule has 0 spiro atoms. The minimum absolute atomic E-state index is 0.0158. The lowest BCUT2D eigenvalue weighted by molar-refractivity contribution is -0.127. The number of ether oxygens (including phenoxy) is 1. The zero-order valence-electron chi connectivity index (χ0n) is 19.3. The molecule has 4 heterocycles. The molecule has 0 saturated carbocycles. The minimum atomic E-state index is -0.0158. The molecule has 174 valence electrons. The zero-order valence-corrected chi connectivity index (χ0v) is 19.3. The largest absolute Gasteiger partial charge is 0.497 e. The van der Waals surface area contributed by atoms with Gasteiger partial charge >= 0.3 is 0 Å². The molecule has 0 bridgehead atoms. The van der Waals surface area contributed by atoms with Crippen LogP contribution in [-0.4, -0.2) is 55.3 Å². The van der Waals surface area contributed by atoms with Crippen LogP contribution in [0.5, 0.6) is 5.75 Å². The predicted molar refractivity (Wildman–Crippen MR) is 131 cm³/mol. The van der Waals surface area contributed by atoms with Crippen LogP contribution in [0.15, 0.2) is 55.6 Å². The second kappa shape index (κ2) is 8.66. The van der Waals surface area contributed by atoms with Crippen LogP contribution in [0.3, 0.4) is 0 Å². The highest BCUT2D eigenvalue weighted by Gasteiger charge is 2.26. The SMILES string of the molecule is C=CC(=O)N1CCC(n2cc(-c3c(-c4ccc(OC)cc4)c4c(N)ncnc4n3C)cn2)CC1. The highest BCUT2D eigenvalue weighted by atomic mass is 16.5. The Balaban J connectivity index is 1.56. The molecule has 4 aromatic rings. The third kappa shape index (κ3) is 3.59. The van der Waals surface area contributed by atoms with E-state index in [1.165, 1.54) is 12.4 Å². The van der Waals surface area contributed by atoms with Gasteiger partial charge in [0.2, 0.25) is 5.91 Å². The smallest absolute Gasteiger partial charge is 0.245 e. The van der Waals surface area contributed by atoms with Gasteiger partial charge in [-0.1, -0.05) is 18.7 Å². The number of fused-ring (bicyclic) bond motifs is 1. The number of hydrogen-bond acceptors (Lipinski definition) is 6. The van der Waals surface area contributed by atoms with Crippen molar-refractivity contribution in [3.05, 3.63) is 55.6 Å². The summed E-state index contributed by atoms with van der Waals surface area (Å²) in [5, 5.41) is 5.51. The number of piperidine rings is 1. The summed E-state index contributed by atoms with van der Waals surface area (Å²) in [6.07, 6.45) is 8.51. The molecule has 0 atom stereocenters. The van der Waals surface area contributed by atoms with Crippen LogP contribution in [0.25, 0.3) is 33.4 Å². The maximum Gasteiger partial charge on any atom is 0.245 e. The van der Waals surface area contributed by atoms with E-state index in [0.717, 1.165) is 52.0 Å². The van der Waals surface area contributed by atoms with Gasteiger partial charge in [0.1, 0.15) is 23.5 Å². The first-order valence-corrected chi connectivity index (χ1v) is 11.2. The van der Waals surface area contributed by atoms with Gasteiger partial charge in [0.25, 0.3) is 0 Å². The van der Waals surface area contributed by atoms with Gasteiger partial charge in [-0.15, -0.1) is 0 Å². The van der Waals surface area contributed by atoms with Crippen molar-refractivity contribution in [1.29, 1.82) is 0 Å². The van der Waals surface area contributed by atoms with E-state index in [4.69, 9.17) is 15.6 Å². The topological polar surface area (TPSA) is 104 Å². The fraction of sp³-hybridized carbons (Fsp3) is 0.280. The van der Waals surface area contributed by atoms with Gasteiger partial charge in [-0.25, -0.2) is 9.97 Å². The third-order valence-electron chi connectivity index (χ3n) is 6.58. The number of amides is 1. The Hall–Kier alpha value is -4.14. The Morgan fingerprint density at radius 2 is 1.91 bits per heavy atom. The van der Waals surface area contributed by atoms with Crippen molar-refractivity contribution in [2.45, 2.75) is 18.9 Å². The Morgan fingerprint density at radius 1 is 1.18 bits per heavy atom. The van der Waals surface area contributed by atoms with E-state index in [9.17, 15) is 4.79 Å². The van der Waals surface area contributed by atoms with Gasteiger partial charge in [-0.2, -0.15) is 5.10 Å². The van der Waals surface area contributed by atoms with Gasteiger partial charge in [-0.3, -0.25) is 9.48 Å². The first-order valence-electron chi connectivity index (χ1n) is 11.2. The number of nitrogens with zero attached hydrogens (tertiary/aromatic N) is 6. The van der Waals surface area contributed by atoms with Crippen LogP contribution >= 0.6 is 0 Å². The lowest BCUT2D eigenvalue weighted by Crippen LogP contribution is -2.38. The van der Waals surface area contributed by atoms with Crippen molar-refractivity contribution in [1.82, 2.24) is 29.2 Å². The average Bonchev–Trinajstić information content (AvgIpc) is 3.47. The number of aromatic nitrogens is 5. The second-order valence-electron chi connectivity index (χ2n) is 8.44. The molecular formula is C25H27N7O2. The number of hydrogen-bond donors (Lipinski definition) is 1. The minimum Gasteiger partial charge on any atom is -0.497 e. The fourth-order valence-electron chi connectivity index (χ4n) is 4.79. The molecular weight excluding hydrogens is 430 g/mol. The van der Waals surface area contributed by atoms with E-state index in [0.29, 0.717) is 18.9 Å². The summed E-state index contributed by atoms with van der Waals surface area (Å²) in [5.41, 5.74) is 11.0. The normalized spacial score (nSPS) is 14.5. The van der Waals surface area contributed by atoms with Crippen molar-refractivity contribution in [2.24, 2.45) is 7.05 Å². The first kappa shape index (κ1) is 21.7. The van der Waals surface area contributed by atoms with Gasteiger partial charge < -0.3 is 19.9 Å². The summed E-state index contributed by atoms with van der Waals surface area (Å²) in [4.78, 5) is 22.5. The number of rotatable bonds is 5. The molecule has 1 amide bonds. The van der Waals surface area contributed by atoms with Crippen LogP contribution in [0, 0.1) is 0 Å². The molecule has 1 aliphatic heterocycles. The number of carbonyl (C=O) groups is 1. The fourth-order valence-corrected chi connectivity index (χ4v) is 4.79. The third-order valence-corrected chi connectivity index (χ3v) is 6.58. The predicted octanol–water partition coefficient (Wildman–Crippen LogP) is 3.44. The molecule has 3 aromatic heterocycles. The maximum atomic E-state index is 11.9. The lowest BCUT2D eigenvalue weighted by Gasteiger charge is -2.31. The number of likely N-dealkylation sites (tertiary alicyclic amines) is 1. The van der Waals surface area contributed by atoms with Crippen LogP contribution in [0.4, 0.5) is 5.82 Å². The van der Waals surface area contributed by atoms with Gasteiger partial charge in [0, 0.05) is 37.5 Å². The van der Waals surface area contributed by atoms with Crippen molar-refractivity contribution < 1.29 is 9.53 Å². The number of aryl methyl sites for hydroxylation is 1. The molecule has 1 aliphatic rings. The Kier molecular flexibility index (Phi) is 5.53. The first-order chi connectivity index (χ1) is 16.5. The van der Waals surface area contributed by atoms with E-state index in [2.05, 4.69) is 22.7 Å². The van der Waals surface area contributed by atoms with E-state index >= 15 is 0 Å². The Morgan fingerprint density at radius 3 is 2.59 bits per heavy atom. The molecule has 9 heteroatoms. The van der Waals surface area contributed by atoms with Crippen LogP contribution in [-0.2, 0) is 11.8 Å². The van der Waals surface area contributed by atoms with Crippen LogP contribution in [0.1, 0.15) is 18.9 Å². The molecule has 0 unspecified atom stereocenters. The van der Waals surface area contributed by atoms with Crippen LogP contribution < -0.4 is 10.5 Å². The van der Waals surface area contributed by atoms with Gasteiger partial charge in [-0.05, 0) is 36.6 Å². The molecule has 1 fully saturated rings. The van der Waals surface area contributed by atoms with Crippen molar-refractivity contribution >= 4 is 22.8 Å². The summed E-state index contributed by atoms with van der Waals surface area (Å²) in [6, 6.07) is 8.12. The molecule has 5 rings (SSSR count). The summed E-state index contributed by atoms with van der Waals surface area (Å²) >= 11 is 0. The number of methoxy groups -OCH3 is 1. The summed E-state index contributed by atoms with van der Waals surface area (Å²) < 4.78 is 9.39. The highest BCUT2D eigenvalue weighted by molar-refractivity contribution is 6.07. The highest BCUT2D eigenvalue weighted by Crippen LogP contribution is 2.42. The summed E-state index contributed by atoms with van der Waals surface area (Å²) in [5.74, 6) is 1.20. The Bertz CT molecular complexity index is 1360. The monoisotopic (exact) mass is 457 g/mol. The molecule has 0 aliphatic carbocycles. The lowest BCUT2D eigenvalue weighted by atomic mass is 10.00. The molecule has 9 nitrogen and oxygen atoms in total. The van der Waals surface area contributed by atoms with E-state index in [1.807, 2.05) is 51.7 Å². The average molecular weight is 458 g/mol. The van der Waals surface area contributed by atoms with Crippen molar-refractivity contribution in [2.75, 3.05) is 25.9 Å². The quantitative estimate of drug-likeness (QED) is 0.461. The van der Waals surface area contributed by atoms with Gasteiger partial charge in [0.15, 0.2) is 0 Å². The molecule has 1 aromatic carbocycles. The Labute approximate surface area is 197 Å². The number of carbonyl (C=O) groups excluding carboxylic acids is 1. The standard InChI is InChI=1S/C25H27N7O2/c1-4-20(33)31-11-9-18(10-12-31)32-14-17(13-29-32)23-21(16-5-7-19(34-3)8-6-16)22-24(26)27-15-28-25(22)30(23)2/h4-8,13-15,18H,1,9-12H2,2-3H3,(H2,26,27,28). The second-order valence-corrected chi connectivity index (χ2v) is 8.44. The van der Waals surface area contributed by atoms with Gasteiger partial charge in [0.05, 0.1) is 30.4 Å². The zero-order chi connectivity index (χ0) is 23.8. The summed E-state index contributed by atoms with van der Waals surface area (Å²) in [7, 11) is 3.63. The van der Waals surface area contributed by atoms with E-state index in [1.54, 1.807) is 7.11 Å². The molecule has 0 radical (unpaired) electrons. The summed E-state index contributed by atoms with van der Waals surface area (Å²) in [6.45, 7) is 4.98. The van der Waals surface area contributed by atoms with Crippen molar-refractivity contribution in [3.63, 3.8) is 0 Å². The number of benzene rings is 1. The van der Waals surface area contributed by atoms with Crippen molar-refractivity contribution in [3.8, 4) is 28.1 Å². The number of nitrogens with two attached hydrogens (primary N) is 1. The van der Waals surface area contributed by atoms with Crippen LogP contribution in [0.2, 0.25) is 0 Å². The number of nitrogen functional groups attached to an aromatic ring is 1.